The topological polar surface area (TPSA) is 29.1 Å². The second kappa shape index (κ2) is 6.55. The third-order valence-electron chi connectivity index (χ3n) is 2.24. The maximum atomic E-state index is 13.2. The molecule has 0 aliphatic carbocycles. The molecule has 1 aromatic carbocycles. The molecule has 0 heterocycles. The first-order chi connectivity index (χ1) is 8.00. The number of hydrogen-bond acceptors (Lipinski definition) is 1. The Morgan fingerprint density at radius 1 is 1.47 bits per heavy atom. The molecule has 94 valence electrons. The van der Waals surface area contributed by atoms with Crippen LogP contribution in [0.25, 0.3) is 0 Å². The molecule has 1 atom stereocenters. The van der Waals surface area contributed by atoms with Crippen molar-refractivity contribution >= 4 is 17.5 Å². The minimum absolute atomic E-state index is 0.0396. The lowest BCUT2D eigenvalue weighted by molar-refractivity contribution is 0.0948. The number of nitrogens with one attached hydrogen (secondary N) is 1. The van der Waals surface area contributed by atoms with E-state index in [0.29, 0.717) is 13.0 Å². The predicted molar refractivity (Wildman–Crippen MR) is 63.2 cm³/mol. The summed E-state index contributed by atoms with van der Waals surface area (Å²) in [6, 6.07) is 2.79. The van der Waals surface area contributed by atoms with Gasteiger partial charge in [0.25, 0.3) is 5.91 Å². The molecule has 1 rings (SSSR count). The molecule has 0 saturated heterocycles. The summed E-state index contributed by atoms with van der Waals surface area (Å²) in [6.07, 6.45) is 1.46. The Labute approximate surface area is 104 Å². The van der Waals surface area contributed by atoms with Crippen LogP contribution in [0.2, 0.25) is 0 Å². The Balaban J connectivity index is 2.49. The third kappa shape index (κ3) is 4.69. The van der Waals surface area contributed by atoms with Crippen molar-refractivity contribution in [2.75, 3.05) is 6.54 Å². The Morgan fingerprint density at radius 2 is 2.18 bits per heavy atom. The fourth-order valence-corrected chi connectivity index (χ4v) is 1.51. The molecule has 0 fully saturated rings. The zero-order chi connectivity index (χ0) is 12.8. The minimum Gasteiger partial charge on any atom is -0.352 e. The van der Waals surface area contributed by atoms with Gasteiger partial charge in [0, 0.05) is 11.9 Å². The van der Waals surface area contributed by atoms with Gasteiger partial charge >= 0.3 is 0 Å². The highest BCUT2D eigenvalue weighted by Gasteiger charge is 2.12. The van der Waals surface area contributed by atoms with Gasteiger partial charge in [-0.3, -0.25) is 4.79 Å². The minimum atomic E-state index is -0.727. The summed E-state index contributed by atoms with van der Waals surface area (Å²) in [7, 11) is 0. The predicted octanol–water partition coefficient (Wildman–Crippen LogP) is 3.10. The van der Waals surface area contributed by atoms with Gasteiger partial charge in [-0.1, -0.05) is 0 Å². The second-order valence-electron chi connectivity index (χ2n) is 3.80. The highest BCUT2D eigenvalue weighted by atomic mass is 35.5. The van der Waals surface area contributed by atoms with E-state index in [1.807, 2.05) is 6.92 Å². The number of rotatable bonds is 5. The molecule has 2 nitrogen and oxygen atoms in total. The van der Waals surface area contributed by atoms with Crippen molar-refractivity contribution in [3.8, 4) is 0 Å². The molecule has 0 saturated carbocycles. The number of halogens is 3. The molecular weight excluding hydrogens is 248 g/mol. The van der Waals surface area contributed by atoms with Crippen LogP contribution in [0.4, 0.5) is 8.78 Å². The van der Waals surface area contributed by atoms with E-state index in [2.05, 4.69) is 5.32 Å². The van der Waals surface area contributed by atoms with Gasteiger partial charge in [-0.15, -0.1) is 11.6 Å². The maximum absolute atomic E-state index is 13.2. The molecule has 0 bridgehead atoms. The Kier molecular flexibility index (Phi) is 5.35. The summed E-state index contributed by atoms with van der Waals surface area (Å²) < 4.78 is 26.0. The fourth-order valence-electron chi connectivity index (χ4n) is 1.35. The van der Waals surface area contributed by atoms with Crippen LogP contribution in [0.3, 0.4) is 0 Å². The lowest BCUT2D eigenvalue weighted by Crippen LogP contribution is -2.25. The van der Waals surface area contributed by atoms with Crippen LogP contribution in [0.1, 0.15) is 30.1 Å². The van der Waals surface area contributed by atoms with Crippen LogP contribution in [-0.4, -0.2) is 17.8 Å². The smallest absolute Gasteiger partial charge is 0.254 e. The van der Waals surface area contributed by atoms with Gasteiger partial charge in [-0.2, -0.15) is 0 Å². The number of benzene rings is 1. The summed E-state index contributed by atoms with van der Waals surface area (Å²) in [6.45, 7) is 2.25. The Morgan fingerprint density at radius 3 is 2.82 bits per heavy atom. The van der Waals surface area contributed by atoms with Crippen molar-refractivity contribution in [1.82, 2.24) is 5.32 Å². The summed E-state index contributed by atoms with van der Waals surface area (Å²) in [5.41, 5.74) is -0.274. The molecule has 0 aliphatic heterocycles. The van der Waals surface area contributed by atoms with Crippen LogP contribution in [0.5, 0.6) is 0 Å². The van der Waals surface area contributed by atoms with E-state index in [4.69, 9.17) is 11.6 Å². The second-order valence-corrected chi connectivity index (χ2v) is 4.55. The van der Waals surface area contributed by atoms with Crippen LogP contribution in [0, 0.1) is 11.6 Å². The van der Waals surface area contributed by atoms with Gasteiger partial charge in [0.15, 0.2) is 0 Å². The van der Waals surface area contributed by atoms with Crippen LogP contribution >= 0.6 is 11.6 Å². The van der Waals surface area contributed by atoms with E-state index in [1.54, 1.807) is 0 Å². The van der Waals surface area contributed by atoms with Gasteiger partial charge in [0.05, 0.1) is 5.56 Å². The number of carbonyl (C=O) groups is 1. The molecule has 0 aromatic heterocycles. The zero-order valence-electron chi connectivity index (χ0n) is 9.47. The molecule has 5 heteroatoms. The first-order valence-electron chi connectivity index (χ1n) is 5.38. The number of carbonyl (C=O) groups excluding carboxylic acids is 1. The largest absolute Gasteiger partial charge is 0.352 e. The number of hydrogen-bond donors (Lipinski definition) is 1. The molecule has 0 aliphatic rings. The molecule has 0 spiro atoms. The first-order valence-corrected chi connectivity index (χ1v) is 5.81. The third-order valence-corrected chi connectivity index (χ3v) is 2.46. The molecule has 1 aromatic rings. The van der Waals surface area contributed by atoms with Gasteiger partial charge < -0.3 is 5.32 Å². The van der Waals surface area contributed by atoms with E-state index >= 15 is 0 Å². The van der Waals surface area contributed by atoms with Gasteiger partial charge in [-0.05, 0) is 38.0 Å². The molecular formula is C12H14ClF2NO. The van der Waals surface area contributed by atoms with Crippen molar-refractivity contribution in [3.05, 3.63) is 35.4 Å². The SMILES string of the molecule is CC(Cl)CCCNC(=O)c1cc(F)ccc1F. The first kappa shape index (κ1) is 13.9. The molecule has 0 radical (unpaired) electrons. The van der Waals surface area contributed by atoms with Crippen LogP contribution < -0.4 is 5.32 Å². The van der Waals surface area contributed by atoms with Crippen LogP contribution in [-0.2, 0) is 0 Å². The Hall–Kier alpha value is -1.16. The number of alkyl halides is 1. The zero-order valence-corrected chi connectivity index (χ0v) is 10.2. The lowest BCUT2D eigenvalue weighted by Gasteiger charge is -2.07. The summed E-state index contributed by atoms with van der Waals surface area (Å²) in [4.78, 5) is 11.5. The fraction of sp³-hybridized carbons (Fsp3) is 0.417. The quantitative estimate of drug-likeness (QED) is 0.640. The molecule has 1 N–H and O–H groups in total. The number of amides is 1. The van der Waals surface area contributed by atoms with Crippen molar-refractivity contribution in [2.24, 2.45) is 0 Å². The summed E-state index contributed by atoms with van der Waals surface area (Å²) >= 11 is 5.73. The van der Waals surface area contributed by atoms with Crippen molar-refractivity contribution in [3.63, 3.8) is 0 Å². The van der Waals surface area contributed by atoms with Crippen molar-refractivity contribution in [2.45, 2.75) is 25.1 Å². The van der Waals surface area contributed by atoms with E-state index in [0.717, 1.165) is 24.6 Å². The van der Waals surface area contributed by atoms with Gasteiger partial charge in [0.2, 0.25) is 0 Å². The van der Waals surface area contributed by atoms with E-state index in [1.165, 1.54) is 0 Å². The molecule has 1 unspecified atom stereocenters. The summed E-state index contributed by atoms with van der Waals surface area (Å²) in [5.74, 6) is -1.97. The van der Waals surface area contributed by atoms with Gasteiger partial charge in [0.1, 0.15) is 11.6 Å². The Bertz CT molecular complexity index is 396. The van der Waals surface area contributed by atoms with E-state index < -0.39 is 17.5 Å². The van der Waals surface area contributed by atoms with Crippen molar-refractivity contribution < 1.29 is 13.6 Å². The molecule has 1 amide bonds. The molecule has 17 heavy (non-hydrogen) atoms. The normalized spacial score (nSPS) is 12.2. The summed E-state index contributed by atoms with van der Waals surface area (Å²) in [5, 5.41) is 2.56. The lowest BCUT2D eigenvalue weighted by atomic mass is 10.2. The average molecular weight is 262 g/mol. The van der Waals surface area contributed by atoms with E-state index in [9.17, 15) is 13.6 Å². The highest BCUT2D eigenvalue weighted by molar-refractivity contribution is 6.20. The van der Waals surface area contributed by atoms with Crippen LogP contribution in [0.15, 0.2) is 18.2 Å². The van der Waals surface area contributed by atoms with Gasteiger partial charge in [-0.25, -0.2) is 8.78 Å². The monoisotopic (exact) mass is 261 g/mol. The highest BCUT2D eigenvalue weighted by Crippen LogP contribution is 2.09. The van der Waals surface area contributed by atoms with Crippen molar-refractivity contribution in [1.29, 1.82) is 0 Å². The maximum Gasteiger partial charge on any atom is 0.254 e. The average Bonchev–Trinajstić information content (AvgIpc) is 2.27. The van der Waals surface area contributed by atoms with E-state index in [-0.39, 0.29) is 10.9 Å². The standard InChI is InChI=1S/C12H14ClF2NO/c1-8(13)3-2-6-16-12(17)10-7-9(14)4-5-11(10)15/h4-5,7-8H,2-3,6H2,1H3,(H,16,17).